The number of rotatable bonds is 1. The maximum atomic E-state index is 3.86. The van der Waals surface area contributed by atoms with E-state index in [4.69, 9.17) is 0 Å². The molecule has 1 N–H and O–H groups in total. The first-order valence-corrected chi connectivity index (χ1v) is 7.66. The molecule has 2 aromatic rings. The predicted molar refractivity (Wildman–Crippen MR) is 78.2 cm³/mol. The summed E-state index contributed by atoms with van der Waals surface area (Å²) in [7, 11) is 0. The van der Waals surface area contributed by atoms with Gasteiger partial charge in [-0.1, -0.05) is 18.2 Å². The summed E-state index contributed by atoms with van der Waals surface area (Å²) in [6.45, 7) is 3.47. The summed E-state index contributed by atoms with van der Waals surface area (Å²) in [5, 5.41) is 4.95. The van der Waals surface area contributed by atoms with Crippen LogP contribution < -0.4 is 5.32 Å². The number of hydrogen-bond acceptors (Lipinski definition) is 1. The normalized spacial score (nSPS) is 22.8. The molecule has 3 heterocycles. The molecule has 1 aromatic carbocycles. The van der Waals surface area contributed by atoms with E-state index in [9.17, 15) is 0 Å². The Morgan fingerprint density at radius 1 is 1.33 bits per heavy atom. The molecule has 18 heavy (non-hydrogen) atoms. The zero-order valence-electron chi connectivity index (χ0n) is 10.4. The van der Waals surface area contributed by atoms with E-state index in [0.717, 1.165) is 13.1 Å². The zero-order chi connectivity index (χ0) is 12.1. The third-order valence-electron chi connectivity index (χ3n) is 4.43. The Kier molecular flexibility index (Phi) is 2.52. The van der Waals surface area contributed by atoms with Crippen LogP contribution >= 0.6 is 15.9 Å². The molecule has 0 aliphatic carbocycles. The molecule has 1 atom stereocenters. The van der Waals surface area contributed by atoms with Crippen molar-refractivity contribution in [3.63, 3.8) is 0 Å². The first-order valence-electron chi connectivity index (χ1n) is 6.86. The first kappa shape index (κ1) is 11.1. The third-order valence-corrected chi connectivity index (χ3v) is 5.26. The average molecular weight is 305 g/mol. The molecular formula is C15H17BrN2. The van der Waals surface area contributed by atoms with Crippen LogP contribution in [0.15, 0.2) is 22.7 Å². The average Bonchev–Trinajstić information content (AvgIpc) is 2.96. The fourth-order valence-electron chi connectivity index (χ4n) is 3.62. The van der Waals surface area contributed by atoms with Gasteiger partial charge in [-0.25, -0.2) is 0 Å². The molecule has 0 radical (unpaired) electrons. The maximum absolute atomic E-state index is 3.86. The van der Waals surface area contributed by atoms with Crippen molar-refractivity contribution < 1.29 is 0 Å². The molecule has 1 unspecified atom stereocenters. The molecule has 2 aliphatic rings. The molecular weight excluding hydrogens is 288 g/mol. The standard InChI is InChI=1S/C15H17BrN2/c16-13-12-5-1-3-10-6-8-18(14(10)12)15(13)11-4-2-7-17-9-11/h1,3,5,11,17H,2,4,6-9H2. The van der Waals surface area contributed by atoms with E-state index in [2.05, 4.69) is 44.0 Å². The van der Waals surface area contributed by atoms with Crippen LogP contribution in [-0.2, 0) is 13.0 Å². The van der Waals surface area contributed by atoms with Crippen molar-refractivity contribution in [2.75, 3.05) is 13.1 Å². The molecule has 2 nitrogen and oxygen atoms in total. The van der Waals surface area contributed by atoms with Crippen LogP contribution in [-0.4, -0.2) is 17.7 Å². The highest BCUT2D eigenvalue weighted by Crippen LogP contribution is 2.41. The molecule has 94 valence electrons. The fourth-order valence-corrected chi connectivity index (χ4v) is 4.47. The fraction of sp³-hybridized carbons (Fsp3) is 0.467. The van der Waals surface area contributed by atoms with Crippen LogP contribution in [0.5, 0.6) is 0 Å². The van der Waals surface area contributed by atoms with Crippen LogP contribution in [0.4, 0.5) is 0 Å². The Morgan fingerprint density at radius 2 is 2.28 bits per heavy atom. The van der Waals surface area contributed by atoms with Crippen molar-refractivity contribution in [3.05, 3.63) is 33.9 Å². The summed E-state index contributed by atoms with van der Waals surface area (Å²) in [5.41, 5.74) is 4.52. The van der Waals surface area contributed by atoms with Crippen molar-refractivity contribution in [2.24, 2.45) is 0 Å². The van der Waals surface area contributed by atoms with E-state index in [1.807, 2.05) is 0 Å². The molecule has 4 rings (SSSR count). The quantitative estimate of drug-likeness (QED) is 0.854. The molecule has 0 amide bonds. The molecule has 0 bridgehead atoms. The minimum absolute atomic E-state index is 0.673. The summed E-state index contributed by atoms with van der Waals surface area (Å²) in [5.74, 6) is 0.673. The molecule has 2 aliphatic heterocycles. The maximum Gasteiger partial charge on any atom is 0.0527 e. The second-order valence-corrected chi connectivity index (χ2v) is 6.25. The summed E-state index contributed by atoms with van der Waals surface area (Å²) < 4.78 is 3.90. The van der Waals surface area contributed by atoms with Crippen molar-refractivity contribution >= 4 is 26.8 Å². The number of para-hydroxylation sites is 1. The van der Waals surface area contributed by atoms with Gasteiger partial charge in [0.25, 0.3) is 0 Å². The second kappa shape index (κ2) is 4.10. The van der Waals surface area contributed by atoms with Crippen molar-refractivity contribution in [3.8, 4) is 0 Å². The van der Waals surface area contributed by atoms with Gasteiger partial charge in [-0.2, -0.15) is 0 Å². The number of aromatic nitrogens is 1. The van der Waals surface area contributed by atoms with Crippen molar-refractivity contribution in [2.45, 2.75) is 31.7 Å². The smallest absolute Gasteiger partial charge is 0.0527 e. The third kappa shape index (κ3) is 1.44. The van der Waals surface area contributed by atoms with Crippen molar-refractivity contribution in [1.82, 2.24) is 9.88 Å². The molecule has 0 saturated carbocycles. The number of nitrogens with one attached hydrogen (secondary N) is 1. The molecule has 1 fully saturated rings. The Bertz CT molecular complexity index is 608. The van der Waals surface area contributed by atoms with Gasteiger partial charge < -0.3 is 9.88 Å². The highest BCUT2D eigenvalue weighted by molar-refractivity contribution is 9.10. The van der Waals surface area contributed by atoms with Gasteiger partial charge in [0.1, 0.15) is 0 Å². The number of halogens is 1. The Morgan fingerprint density at radius 3 is 3.11 bits per heavy atom. The van der Waals surface area contributed by atoms with Crippen LogP contribution in [0.3, 0.4) is 0 Å². The summed E-state index contributed by atoms with van der Waals surface area (Å²) in [4.78, 5) is 0. The van der Waals surface area contributed by atoms with E-state index in [0.29, 0.717) is 5.92 Å². The van der Waals surface area contributed by atoms with E-state index < -0.39 is 0 Å². The zero-order valence-corrected chi connectivity index (χ0v) is 12.0. The SMILES string of the molecule is Brc1c(C2CCCNC2)n2c3c(cccc13)CC2. The monoisotopic (exact) mass is 304 g/mol. The summed E-state index contributed by atoms with van der Waals surface area (Å²) >= 11 is 3.86. The predicted octanol–water partition coefficient (Wildman–Crippen LogP) is 3.43. The number of benzene rings is 1. The van der Waals surface area contributed by atoms with Gasteiger partial charge in [-0.3, -0.25) is 0 Å². The molecule has 1 saturated heterocycles. The van der Waals surface area contributed by atoms with Crippen LogP contribution in [0.25, 0.3) is 10.9 Å². The van der Waals surface area contributed by atoms with Gasteiger partial charge in [0, 0.05) is 34.6 Å². The number of piperidine rings is 1. The van der Waals surface area contributed by atoms with Crippen molar-refractivity contribution in [1.29, 1.82) is 0 Å². The topological polar surface area (TPSA) is 17.0 Å². The lowest BCUT2D eigenvalue weighted by Crippen LogP contribution is -2.29. The Hall–Kier alpha value is -0.800. The van der Waals surface area contributed by atoms with E-state index in [1.165, 1.54) is 52.4 Å². The van der Waals surface area contributed by atoms with E-state index in [1.54, 1.807) is 0 Å². The van der Waals surface area contributed by atoms with Gasteiger partial charge in [0.15, 0.2) is 0 Å². The van der Waals surface area contributed by atoms with Gasteiger partial charge in [-0.05, 0) is 47.3 Å². The lowest BCUT2D eigenvalue weighted by molar-refractivity contribution is 0.443. The minimum atomic E-state index is 0.673. The molecule has 1 aromatic heterocycles. The van der Waals surface area contributed by atoms with Gasteiger partial charge >= 0.3 is 0 Å². The van der Waals surface area contributed by atoms with Crippen LogP contribution in [0.2, 0.25) is 0 Å². The molecule has 0 spiro atoms. The number of nitrogens with zero attached hydrogens (tertiary/aromatic N) is 1. The largest absolute Gasteiger partial charge is 0.343 e. The number of aryl methyl sites for hydroxylation is 2. The van der Waals surface area contributed by atoms with E-state index >= 15 is 0 Å². The Labute approximate surface area is 115 Å². The van der Waals surface area contributed by atoms with Crippen LogP contribution in [0.1, 0.15) is 30.0 Å². The lowest BCUT2D eigenvalue weighted by atomic mass is 9.95. The first-order chi connectivity index (χ1) is 8.86. The second-order valence-electron chi connectivity index (χ2n) is 5.46. The highest BCUT2D eigenvalue weighted by Gasteiger charge is 2.27. The molecule has 3 heteroatoms. The number of hydrogen-bond donors (Lipinski definition) is 1. The van der Waals surface area contributed by atoms with Gasteiger partial charge in [0.05, 0.1) is 5.52 Å². The van der Waals surface area contributed by atoms with E-state index in [-0.39, 0.29) is 0 Å². The highest BCUT2D eigenvalue weighted by atomic mass is 79.9. The van der Waals surface area contributed by atoms with Gasteiger partial charge in [-0.15, -0.1) is 0 Å². The lowest BCUT2D eigenvalue weighted by Gasteiger charge is -2.24. The van der Waals surface area contributed by atoms with Crippen LogP contribution in [0, 0.1) is 0 Å². The summed E-state index contributed by atoms with van der Waals surface area (Å²) in [6.07, 6.45) is 3.82. The van der Waals surface area contributed by atoms with Gasteiger partial charge in [0.2, 0.25) is 0 Å². The Balaban J connectivity index is 1.94. The minimum Gasteiger partial charge on any atom is -0.343 e. The summed E-state index contributed by atoms with van der Waals surface area (Å²) in [6, 6.07) is 6.73.